The third-order valence-corrected chi connectivity index (χ3v) is 5.07. The molecule has 2 aromatic heterocycles. The average molecular weight is 341 g/mol. The van der Waals surface area contributed by atoms with Gasteiger partial charge >= 0.3 is 6.01 Å². The highest BCUT2D eigenvalue weighted by atomic mass is 16.5. The molecule has 0 radical (unpaired) electrons. The molecule has 25 heavy (non-hydrogen) atoms. The quantitative estimate of drug-likeness (QED) is 0.834. The minimum absolute atomic E-state index is 0.0145. The predicted molar refractivity (Wildman–Crippen MR) is 91.1 cm³/mol. The zero-order chi connectivity index (χ0) is 17.6. The van der Waals surface area contributed by atoms with Gasteiger partial charge in [0.05, 0.1) is 13.2 Å². The van der Waals surface area contributed by atoms with E-state index in [4.69, 9.17) is 4.74 Å². The predicted octanol–water partition coefficient (Wildman–Crippen LogP) is 2.32. The summed E-state index contributed by atoms with van der Waals surface area (Å²) in [6, 6.07) is 1.79. The number of likely N-dealkylation sites (tertiary alicyclic amines) is 1. The first-order valence-electron chi connectivity index (χ1n) is 8.68. The lowest BCUT2D eigenvalue weighted by atomic mass is 9.74. The summed E-state index contributed by atoms with van der Waals surface area (Å²) in [5.41, 5.74) is 0.340. The normalized spacial score (nSPS) is 21.7. The molecule has 0 spiro atoms. The number of hydrogen-bond donors (Lipinski definition) is 0. The summed E-state index contributed by atoms with van der Waals surface area (Å²) in [5.74, 6) is 1.62. The van der Waals surface area contributed by atoms with Gasteiger partial charge in [-0.05, 0) is 24.8 Å². The van der Waals surface area contributed by atoms with Crippen molar-refractivity contribution in [2.75, 3.05) is 13.7 Å². The number of aromatic nitrogens is 4. The Balaban J connectivity index is 1.61. The molecule has 1 aliphatic heterocycles. The van der Waals surface area contributed by atoms with Crippen LogP contribution >= 0.6 is 0 Å². The second kappa shape index (κ2) is 5.82. The van der Waals surface area contributed by atoms with Crippen LogP contribution < -0.4 is 4.74 Å². The number of ether oxygens (including phenoxy) is 1. The van der Waals surface area contributed by atoms with Crippen LogP contribution in [0.3, 0.4) is 0 Å². The van der Waals surface area contributed by atoms with E-state index in [2.05, 4.69) is 33.4 Å². The third-order valence-electron chi connectivity index (χ3n) is 5.07. The Labute approximate surface area is 147 Å². The Morgan fingerprint density at radius 3 is 2.80 bits per heavy atom. The van der Waals surface area contributed by atoms with Crippen molar-refractivity contribution in [2.45, 2.75) is 39.3 Å². The van der Waals surface area contributed by atoms with Crippen LogP contribution in [-0.4, -0.2) is 44.0 Å². The number of carbonyl (C=O) groups is 1. The van der Waals surface area contributed by atoms with Crippen molar-refractivity contribution in [3.8, 4) is 6.01 Å². The highest BCUT2D eigenvalue weighted by Crippen LogP contribution is 2.48. The fraction of sp³-hybridized carbons (Fsp3) is 0.556. The van der Waals surface area contributed by atoms with Crippen molar-refractivity contribution < 1.29 is 9.53 Å². The third kappa shape index (κ3) is 2.88. The van der Waals surface area contributed by atoms with Gasteiger partial charge in [0.2, 0.25) is 0 Å². The van der Waals surface area contributed by atoms with E-state index in [1.165, 1.54) is 20.0 Å². The lowest BCUT2D eigenvalue weighted by molar-refractivity contribution is -0.0384. The molecule has 4 rings (SSSR count). The Bertz CT molecular complexity index is 796. The fourth-order valence-electron chi connectivity index (χ4n) is 3.61. The Morgan fingerprint density at radius 1 is 1.32 bits per heavy atom. The van der Waals surface area contributed by atoms with Gasteiger partial charge in [-0.25, -0.2) is 9.97 Å². The molecule has 1 amide bonds. The van der Waals surface area contributed by atoms with Crippen molar-refractivity contribution in [1.82, 2.24) is 24.4 Å². The Hall–Kier alpha value is -2.44. The molecule has 2 fully saturated rings. The molecule has 3 heterocycles. The number of nitrogens with zero attached hydrogens (tertiary/aromatic N) is 5. The molecule has 2 aliphatic rings. The molecule has 1 aliphatic carbocycles. The Kier molecular flexibility index (Phi) is 3.74. The van der Waals surface area contributed by atoms with Crippen LogP contribution in [0, 0.1) is 11.3 Å². The van der Waals surface area contributed by atoms with Crippen LogP contribution in [0.25, 0.3) is 0 Å². The SMILES string of the molecule is COc1nccc(C(=O)N2CC(C)(C)C2c2nccn2CC2CC2)n1. The van der Waals surface area contributed by atoms with Crippen molar-refractivity contribution in [3.63, 3.8) is 0 Å². The number of hydrogen-bond acceptors (Lipinski definition) is 5. The second-order valence-corrected chi connectivity index (χ2v) is 7.63. The number of rotatable bonds is 5. The zero-order valence-electron chi connectivity index (χ0n) is 14.8. The van der Waals surface area contributed by atoms with Gasteiger partial charge < -0.3 is 14.2 Å². The minimum atomic E-state index is -0.106. The van der Waals surface area contributed by atoms with E-state index < -0.39 is 0 Å². The van der Waals surface area contributed by atoms with Crippen LogP contribution in [0.2, 0.25) is 0 Å². The largest absolute Gasteiger partial charge is 0.467 e. The molecule has 1 saturated heterocycles. The van der Waals surface area contributed by atoms with Crippen molar-refractivity contribution in [2.24, 2.45) is 11.3 Å². The van der Waals surface area contributed by atoms with Gasteiger partial charge in [0.25, 0.3) is 5.91 Å². The number of methoxy groups -OCH3 is 1. The minimum Gasteiger partial charge on any atom is -0.467 e. The standard InChI is InChI=1S/C18H23N5O2/c1-18(2)11-23(16(24)13-6-7-20-17(21-13)25-3)14(18)15-19-8-9-22(15)10-12-4-5-12/h6-9,12,14H,4-5,10-11H2,1-3H3. The van der Waals surface area contributed by atoms with Crippen LogP contribution in [-0.2, 0) is 6.54 Å². The molecule has 1 atom stereocenters. The van der Waals surface area contributed by atoms with Gasteiger partial charge in [-0.15, -0.1) is 0 Å². The van der Waals surface area contributed by atoms with Crippen molar-refractivity contribution in [3.05, 3.63) is 36.2 Å². The maximum absolute atomic E-state index is 13.0. The number of carbonyl (C=O) groups excluding carboxylic acids is 1. The number of amides is 1. The molecule has 132 valence electrons. The van der Waals surface area contributed by atoms with Gasteiger partial charge in [-0.1, -0.05) is 13.8 Å². The molecule has 1 unspecified atom stereocenters. The molecule has 0 bridgehead atoms. The van der Waals surface area contributed by atoms with E-state index in [0.717, 1.165) is 18.3 Å². The van der Waals surface area contributed by atoms with Crippen molar-refractivity contribution in [1.29, 1.82) is 0 Å². The molecule has 7 nitrogen and oxygen atoms in total. The van der Waals surface area contributed by atoms with Crippen molar-refractivity contribution >= 4 is 5.91 Å². The summed E-state index contributed by atoms with van der Waals surface area (Å²) in [6.07, 6.45) is 7.98. The molecule has 1 saturated carbocycles. The molecular weight excluding hydrogens is 318 g/mol. The van der Waals surface area contributed by atoms with E-state index in [9.17, 15) is 4.79 Å². The first kappa shape index (κ1) is 16.1. The number of imidazole rings is 1. The topological polar surface area (TPSA) is 73.1 Å². The molecule has 2 aromatic rings. The summed E-state index contributed by atoms with van der Waals surface area (Å²) in [4.78, 5) is 27.6. The first-order chi connectivity index (χ1) is 12.0. The summed E-state index contributed by atoms with van der Waals surface area (Å²) >= 11 is 0. The lowest BCUT2D eigenvalue weighted by Gasteiger charge is -2.53. The Morgan fingerprint density at radius 2 is 2.12 bits per heavy atom. The smallest absolute Gasteiger partial charge is 0.316 e. The van der Waals surface area contributed by atoms with Crippen LogP contribution in [0.15, 0.2) is 24.7 Å². The summed E-state index contributed by atoms with van der Waals surface area (Å²) in [5, 5.41) is 0. The van der Waals surface area contributed by atoms with Gasteiger partial charge in [0, 0.05) is 37.1 Å². The summed E-state index contributed by atoms with van der Waals surface area (Å²) in [6.45, 7) is 6.03. The molecule has 0 N–H and O–H groups in total. The van der Waals surface area contributed by atoms with Gasteiger partial charge in [-0.2, -0.15) is 4.98 Å². The van der Waals surface area contributed by atoms with E-state index in [0.29, 0.717) is 12.2 Å². The molecule has 0 aromatic carbocycles. The van der Waals surface area contributed by atoms with Crippen LogP contribution in [0.1, 0.15) is 49.0 Å². The maximum atomic E-state index is 13.0. The van der Waals surface area contributed by atoms with E-state index >= 15 is 0 Å². The van der Waals surface area contributed by atoms with Crippen LogP contribution in [0.5, 0.6) is 6.01 Å². The van der Waals surface area contributed by atoms with E-state index in [1.54, 1.807) is 12.3 Å². The van der Waals surface area contributed by atoms with Gasteiger partial charge in [0.1, 0.15) is 11.5 Å². The molecule has 7 heteroatoms. The summed E-state index contributed by atoms with van der Waals surface area (Å²) in [7, 11) is 1.49. The van der Waals surface area contributed by atoms with E-state index in [1.807, 2.05) is 17.3 Å². The second-order valence-electron chi connectivity index (χ2n) is 7.63. The monoisotopic (exact) mass is 341 g/mol. The summed E-state index contributed by atoms with van der Waals surface area (Å²) < 4.78 is 7.25. The van der Waals surface area contributed by atoms with Gasteiger partial charge in [-0.3, -0.25) is 4.79 Å². The highest BCUT2D eigenvalue weighted by molar-refractivity contribution is 5.93. The zero-order valence-corrected chi connectivity index (χ0v) is 14.8. The van der Waals surface area contributed by atoms with Gasteiger partial charge in [0.15, 0.2) is 0 Å². The maximum Gasteiger partial charge on any atom is 0.316 e. The molecular formula is C18H23N5O2. The lowest BCUT2D eigenvalue weighted by Crippen LogP contribution is -2.58. The van der Waals surface area contributed by atoms with E-state index in [-0.39, 0.29) is 23.4 Å². The average Bonchev–Trinajstić information content (AvgIpc) is 3.31. The fourth-order valence-corrected chi connectivity index (χ4v) is 3.61. The van der Waals surface area contributed by atoms with Crippen LogP contribution in [0.4, 0.5) is 0 Å². The highest BCUT2D eigenvalue weighted by Gasteiger charge is 2.51. The first-order valence-corrected chi connectivity index (χ1v) is 8.68.